The summed E-state index contributed by atoms with van der Waals surface area (Å²) in [6, 6.07) is 5.79. The van der Waals surface area contributed by atoms with Crippen molar-refractivity contribution in [2.45, 2.75) is 19.4 Å². The van der Waals surface area contributed by atoms with Gasteiger partial charge in [-0.2, -0.15) is 0 Å². The molecular weight excluding hydrogens is 285 g/mol. The molecule has 0 saturated carbocycles. The zero-order chi connectivity index (χ0) is 14.1. The molecule has 1 unspecified atom stereocenters. The largest absolute Gasteiger partial charge is 0.382 e. The van der Waals surface area contributed by atoms with Crippen molar-refractivity contribution in [3.63, 3.8) is 0 Å². The second-order valence-corrected chi connectivity index (χ2v) is 5.06. The maximum atomic E-state index is 6.06. The third kappa shape index (κ3) is 6.11. The molecule has 108 valence electrons. The van der Waals surface area contributed by atoms with Crippen LogP contribution in [0.5, 0.6) is 0 Å². The van der Waals surface area contributed by atoms with Gasteiger partial charge in [0.1, 0.15) is 0 Å². The van der Waals surface area contributed by atoms with Crippen LogP contribution in [-0.2, 0) is 9.47 Å². The van der Waals surface area contributed by atoms with Crippen LogP contribution in [0, 0.1) is 0 Å². The van der Waals surface area contributed by atoms with Crippen LogP contribution in [0.15, 0.2) is 18.2 Å². The molecule has 0 aliphatic rings. The molecule has 1 atom stereocenters. The van der Waals surface area contributed by atoms with Crippen molar-refractivity contribution >= 4 is 23.2 Å². The normalized spacial score (nSPS) is 12.6. The first-order valence-corrected chi connectivity index (χ1v) is 7.19. The van der Waals surface area contributed by atoms with Crippen molar-refractivity contribution in [3.05, 3.63) is 33.8 Å². The van der Waals surface area contributed by atoms with E-state index in [1.807, 2.05) is 18.2 Å². The van der Waals surface area contributed by atoms with Crippen LogP contribution >= 0.6 is 23.2 Å². The van der Waals surface area contributed by atoms with Crippen LogP contribution in [0.25, 0.3) is 0 Å². The van der Waals surface area contributed by atoms with E-state index in [9.17, 15) is 0 Å². The quantitative estimate of drug-likeness (QED) is 0.706. The van der Waals surface area contributed by atoms with Crippen LogP contribution in [0.1, 0.15) is 24.9 Å². The Hall–Kier alpha value is -0.320. The number of ether oxygens (including phenoxy) is 2. The average molecular weight is 306 g/mol. The number of halogens is 2. The highest BCUT2D eigenvalue weighted by atomic mass is 35.5. The molecule has 0 aromatic heterocycles. The van der Waals surface area contributed by atoms with E-state index in [1.165, 1.54) is 0 Å². The highest BCUT2D eigenvalue weighted by molar-refractivity contribution is 6.42. The molecule has 1 N–H and O–H groups in total. The topological polar surface area (TPSA) is 30.5 Å². The maximum absolute atomic E-state index is 6.06. The Kier molecular flexibility index (Phi) is 8.42. The molecule has 0 amide bonds. The fourth-order valence-corrected chi connectivity index (χ4v) is 1.97. The minimum absolute atomic E-state index is 0.117. The molecule has 0 aliphatic carbocycles. The van der Waals surface area contributed by atoms with E-state index in [1.54, 1.807) is 7.11 Å². The SMILES string of the molecule is CCCNC(COCCOC)c1ccc(Cl)c(Cl)c1. The third-order valence-electron chi connectivity index (χ3n) is 2.70. The van der Waals surface area contributed by atoms with Gasteiger partial charge in [0.25, 0.3) is 0 Å². The fraction of sp³-hybridized carbons (Fsp3) is 0.571. The van der Waals surface area contributed by atoms with E-state index in [0.717, 1.165) is 18.5 Å². The molecule has 0 fully saturated rings. The zero-order valence-electron chi connectivity index (χ0n) is 11.4. The van der Waals surface area contributed by atoms with Crippen LogP contribution < -0.4 is 5.32 Å². The Morgan fingerprint density at radius 1 is 1.21 bits per heavy atom. The van der Waals surface area contributed by atoms with Gasteiger partial charge in [0.05, 0.1) is 35.9 Å². The predicted molar refractivity (Wildman–Crippen MR) is 80.2 cm³/mol. The molecule has 0 bridgehead atoms. The van der Waals surface area contributed by atoms with Crippen LogP contribution in [0.2, 0.25) is 10.0 Å². The molecule has 5 heteroatoms. The van der Waals surface area contributed by atoms with Crippen LogP contribution in [-0.4, -0.2) is 33.5 Å². The lowest BCUT2D eigenvalue weighted by Crippen LogP contribution is -2.27. The summed E-state index contributed by atoms with van der Waals surface area (Å²) in [5.74, 6) is 0. The van der Waals surface area contributed by atoms with Crippen molar-refractivity contribution in [1.82, 2.24) is 5.32 Å². The van der Waals surface area contributed by atoms with Gasteiger partial charge < -0.3 is 14.8 Å². The number of nitrogens with one attached hydrogen (secondary N) is 1. The lowest BCUT2D eigenvalue weighted by Gasteiger charge is -2.19. The third-order valence-corrected chi connectivity index (χ3v) is 3.44. The van der Waals surface area contributed by atoms with E-state index in [0.29, 0.717) is 29.9 Å². The zero-order valence-corrected chi connectivity index (χ0v) is 12.9. The van der Waals surface area contributed by atoms with Crippen LogP contribution in [0.3, 0.4) is 0 Å². The Morgan fingerprint density at radius 3 is 2.63 bits per heavy atom. The monoisotopic (exact) mass is 305 g/mol. The highest BCUT2D eigenvalue weighted by Crippen LogP contribution is 2.25. The molecule has 1 aromatic rings. The van der Waals surface area contributed by atoms with E-state index in [4.69, 9.17) is 32.7 Å². The first-order valence-electron chi connectivity index (χ1n) is 6.44. The highest BCUT2D eigenvalue weighted by Gasteiger charge is 2.12. The van der Waals surface area contributed by atoms with Crippen molar-refractivity contribution in [3.8, 4) is 0 Å². The summed E-state index contributed by atoms with van der Waals surface area (Å²) in [6.07, 6.45) is 1.07. The maximum Gasteiger partial charge on any atom is 0.0701 e. The summed E-state index contributed by atoms with van der Waals surface area (Å²) in [5, 5.41) is 4.58. The minimum Gasteiger partial charge on any atom is -0.382 e. The number of rotatable bonds is 9. The summed E-state index contributed by atoms with van der Waals surface area (Å²) in [6.45, 7) is 4.83. The molecule has 19 heavy (non-hydrogen) atoms. The van der Waals surface area contributed by atoms with Gasteiger partial charge in [-0.25, -0.2) is 0 Å². The van der Waals surface area contributed by atoms with E-state index >= 15 is 0 Å². The Bertz CT molecular complexity index is 374. The molecular formula is C14H21Cl2NO2. The smallest absolute Gasteiger partial charge is 0.0701 e. The summed E-state index contributed by atoms with van der Waals surface area (Å²) in [7, 11) is 1.66. The Labute approximate surface area is 125 Å². The molecule has 0 spiro atoms. The van der Waals surface area contributed by atoms with Gasteiger partial charge in [-0.15, -0.1) is 0 Å². The van der Waals surface area contributed by atoms with Crippen molar-refractivity contribution in [1.29, 1.82) is 0 Å². The molecule has 3 nitrogen and oxygen atoms in total. The van der Waals surface area contributed by atoms with Crippen molar-refractivity contribution in [2.75, 3.05) is 33.5 Å². The molecule has 0 aliphatic heterocycles. The summed E-state index contributed by atoms with van der Waals surface area (Å²) in [5.41, 5.74) is 1.08. The molecule has 0 heterocycles. The predicted octanol–water partition coefficient (Wildman–Crippen LogP) is 3.70. The molecule has 1 aromatic carbocycles. The van der Waals surface area contributed by atoms with Crippen molar-refractivity contribution < 1.29 is 9.47 Å². The van der Waals surface area contributed by atoms with Gasteiger partial charge in [0.2, 0.25) is 0 Å². The van der Waals surface area contributed by atoms with Gasteiger partial charge in [-0.05, 0) is 30.7 Å². The first-order chi connectivity index (χ1) is 9.19. The second-order valence-electron chi connectivity index (χ2n) is 4.25. The molecule has 1 rings (SSSR count). The molecule has 0 saturated heterocycles. The summed E-state index contributed by atoms with van der Waals surface area (Å²) >= 11 is 12.0. The number of benzene rings is 1. The van der Waals surface area contributed by atoms with E-state index < -0.39 is 0 Å². The van der Waals surface area contributed by atoms with E-state index in [-0.39, 0.29) is 6.04 Å². The number of methoxy groups -OCH3 is 1. The lowest BCUT2D eigenvalue weighted by molar-refractivity contribution is 0.0586. The standard InChI is InChI=1S/C14H21Cl2NO2/c1-3-6-17-14(10-19-8-7-18-2)11-4-5-12(15)13(16)9-11/h4-5,9,14,17H,3,6-8,10H2,1-2H3. The van der Waals surface area contributed by atoms with Gasteiger partial charge in [0.15, 0.2) is 0 Å². The van der Waals surface area contributed by atoms with Crippen LogP contribution in [0.4, 0.5) is 0 Å². The Balaban J connectivity index is 2.63. The van der Waals surface area contributed by atoms with Gasteiger partial charge in [-0.1, -0.05) is 36.2 Å². The van der Waals surface area contributed by atoms with E-state index in [2.05, 4.69) is 12.2 Å². The number of hydrogen-bond acceptors (Lipinski definition) is 3. The second kappa shape index (κ2) is 9.56. The average Bonchev–Trinajstić information content (AvgIpc) is 2.41. The summed E-state index contributed by atoms with van der Waals surface area (Å²) < 4.78 is 10.6. The summed E-state index contributed by atoms with van der Waals surface area (Å²) in [4.78, 5) is 0. The van der Waals surface area contributed by atoms with Gasteiger partial charge in [-0.3, -0.25) is 0 Å². The first kappa shape index (κ1) is 16.7. The van der Waals surface area contributed by atoms with Gasteiger partial charge in [0, 0.05) is 7.11 Å². The lowest BCUT2D eigenvalue weighted by atomic mass is 10.1. The number of hydrogen-bond donors (Lipinski definition) is 1. The van der Waals surface area contributed by atoms with Crippen molar-refractivity contribution in [2.24, 2.45) is 0 Å². The minimum atomic E-state index is 0.117. The Morgan fingerprint density at radius 2 is 2.00 bits per heavy atom. The van der Waals surface area contributed by atoms with Gasteiger partial charge >= 0.3 is 0 Å². The fourth-order valence-electron chi connectivity index (χ4n) is 1.66. The molecule has 0 radical (unpaired) electrons.